The first-order chi connectivity index (χ1) is 5.40. The number of rotatable bonds is 2. The van der Waals surface area contributed by atoms with Crippen LogP contribution in [0, 0.1) is 0 Å². The quantitative estimate of drug-likeness (QED) is 0.665. The first kappa shape index (κ1) is 6.67. The summed E-state index contributed by atoms with van der Waals surface area (Å²) in [6, 6.07) is 0.719. The lowest BCUT2D eigenvalue weighted by atomic mass is 10.2. The molecule has 0 spiro atoms. The highest BCUT2D eigenvalue weighted by molar-refractivity contribution is 5.29. The summed E-state index contributed by atoms with van der Waals surface area (Å²) in [6.07, 6.45) is 2.86. The molecule has 0 amide bonds. The molecule has 0 atom stereocenters. The average Bonchev–Trinajstić information content (AvgIpc) is 2.32. The van der Waals surface area contributed by atoms with Crippen molar-refractivity contribution in [1.29, 1.82) is 0 Å². The number of anilines is 1. The standard InChI is InChI=1S/C7H11N3O/c8-4-6-5-11-7(9-6)10-2-1-3-10/h5H,1-4,8H2. The number of hydrogen-bond acceptors (Lipinski definition) is 4. The molecule has 1 fully saturated rings. The zero-order chi connectivity index (χ0) is 7.68. The maximum Gasteiger partial charge on any atom is 0.297 e. The lowest BCUT2D eigenvalue weighted by Gasteiger charge is -2.28. The predicted molar refractivity (Wildman–Crippen MR) is 41.2 cm³/mol. The molecule has 1 aliphatic heterocycles. The molecule has 2 N–H and O–H groups in total. The second kappa shape index (κ2) is 2.54. The summed E-state index contributed by atoms with van der Waals surface area (Å²) in [5.41, 5.74) is 6.21. The van der Waals surface area contributed by atoms with Gasteiger partial charge in [0, 0.05) is 19.6 Å². The third-order valence-electron chi connectivity index (χ3n) is 1.88. The molecule has 4 nitrogen and oxygen atoms in total. The van der Waals surface area contributed by atoms with Crippen LogP contribution in [0.5, 0.6) is 0 Å². The van der Waals surface area contributed by atoms with Crippen LogP contribution < -0.4 is 10.6 Å². The van der Waals surface area contributed by atoms with Gasteiger partial charge in [-0.05, 0) is 6.42 Å². The molecular weight excluding hydrogens is 142 g/mol. The van der Waals surface area contributed by atoms with Crippen LogP contribution in [-0.4, -0.2) is 18.1 Å². The van der Waals surface area contributed by atoms with Gasteiger partial charge in [0.25, 0.3) is 6.01 Å². The Morgan fingerprint density at radius 3 is 2.91 bits per heavy atom. The van der Waals surface area contributed by atoms with Crippen molar-refractivity contribution in [1.82, 2.24) is 4.98 Å². The van der Waals surface area contributed by atoms with Gasteiger partial charge < -0.3 is 15.1 Å². The van der Waals surface area contributed by atoms with Gasteiger partial charge in [-0.15, -0.1) is 0 Å². The summed E-state index contributed by atoms with van der Waals surface area (Å²) in [5, 5.41) is 0. The number of aromatic nitrogens is 1. The van der Waals surface area contributed by atoms with Crippen molar-refractivity contribution in [3.8, 4) is 0 Å². The Bertz CT molecular complexity index is 242. The third kappa shape index (κ3) is 1.09. The molecule has 1 aromatic heterocycles. The topological polar surface area (TPSA) is 55.3 Å². The van der Waals surface area contributed by atoms with Crippen molar-refractivity contribution in [2.24, 2.45) is 5.73 Å². The number of oxazole rings is 1. The number of nitrogens with two attached hydrogens (primary N) is 1. The van der Waals surface area contributed by atoms with E-state index in [0.717, 1.165) is 24.8 Å². The molecule has 0 aromatic carbocycles. The second-order valence-electron chi connectivity index (χ2n) is 2.67. The molecule has 2 rings (SSSR count). The maximum absolute atomic E-state index is 5.38. The maximum atomic E-state index is 5.38. The van der Waals surface area contributed by atoms with E-state index in [1.54, 1.807) is 6.26 Å². The van der Waals surface area contributed by atoms with Crippen LogP contribution in [-0.2, 0) is 6.54 Å². The van der Waals surface area contributed by atoms with Crippen LogP contribution >= 0.6 is 0 Å². The number of hydrogen-bond donors (Lipinski definition) is 1. The van der Waals surface area contributed by atoms with Gasteiger partial charge in [0.2, 0.25) is 0 Å². The molecule has 0 unspecified atom stereocenters. The molecule has 60 valence electrons. The van der Waals surface area contributed by atoms with E-state index < -0.39 is 0 Å². The van der Waals surface area contributed by atoms with E-state index in [-0.39, 0.29) is 0 Å². The fourth-order valence-corrected chi connectivity index (χ4v) is 1.04. The van der Waals surface area contributed by atoms with Gasteiger partial charge in [0.15, 0.2) is 0 Å². The lowest BCUT2D eigenvalue weighted by molar-refractivity contribution is 0.489. The highest BCUT2D eigenvalue weighted by Crippen LogP contribution is 2.18. The molecule has 0 saturated carbocycles. The molecule has 1 aromatic rings. The van der Waals surface area contributed by atoms with E-state index in [2.05, 4.69) is 9.88 Å². The average molecular weight is 153 g/mol. The van der Waals surface area contributed by atoms with E-state index in [9.17, 15) is 0 Å². The van der Waals surface area contributed by atoms with Crippen LogP contribution in [0.2, 0.25) is 0 Å². The van der Waals surface area contributed by atoms with E-state index in [4.69, 9.17) is 10.2 Å². The zero-order valence-electron chi connectivity index (χ0n) is 6.29. The van der Waals surface area contributed by atoms with Crippen molar-refractivity contribution in [2.75, 3.05) is 18.0 Å². The molecule has 0 aliphatic carbocycles. The fraction of sp³-hybridized carbons (Fsp3) is 0.571. The molecular formula is C7H11N3O. The summed E-state index contributed by atoms with van der Waals surface area (Å²) in [5.74, 6) is 0. The molecule has 0 bridgehead atoms. The largest absolute Gasteiger partial charge is 0.432 e. The van der Waals surface area contributed by atoms with Gasteiger partial charge in [-0.25, -0.2) is 0 Å². The van der Waals surface area contributed by atoms with Crippen LogP contribution in [0.25, 0.3) is 0 Å². The summed E-state index contributed by atoms with van der Waals surface area (Å²) in [4.78, 5) is 6.28. The third-order valence-corrected chi connectivity index (χ3v) is 1.88. The minimum Gasteiger partial charge on any atom is -0.432 e. The Kier molecular flexibility index (Phi) is 1.54. The fourth-order valence-electron chi connectivity index (χ4n) is 1.04. The highest BCUT2D eigenvalue weighted by atomic mass is 16.4. The molecule has 0 radical (unpaired) electrons. The smallest absolute Gasteiger partial charge is 0.297 e. The van der Waals surface area contributed by atoms with Gasteiger partial charge in [-0.1, -0.05) is 0 Å². The van der Waals surface area contributed by atoms with Gasteiger partial charge in [-0.3, -0.25) is 0 Å². The Morgan fingerprint density at radius 1 is 1.64 bits per heavy atom. The zero-order valence-corrected chi connectivity index (χ0v) is 6.29. The van der Waals surface area contributed by atoms with Crippen molar-refractivity contribution in [3.05, 3.63) is 12.0 Å². The SMILES string of the molecule is NCc1coc(N2CCC2)n1. The van der Waals surface area contributed by atoms with Crippen LogP contribution in [0.15, 0.2) is 10.7 Å². The first-order valence-corrected chi connectivity index (χ1v) is 3.79. The van der Waals surface area contributed by atoms with Crippen LogP contribution in [0.3, 0.4) is 0 Å². The molecule has 2 heterocycles. The van der Waals surface area contributed by atoms with E-state index in [0.29, 0.717) is 6.54 Å². The Morgan fingerprint density at radius 2 is 2.45 bits per heavy atom. The first-order valence-electron chi connectivity index (χ1n) is 3.79. The lowest BCUT2D eigenvalue weighted by Crippen LogP contribution is -2.37. The van der Waals surface area contributed by atoms with Crippen molar-refractivity contribution < 1.29 is 4.42 Å². The van der Waals surface area contributed by atoms with Gasteiger partial charge >= 0.3 is 0 Å². The minimum absolute atomic E-state index is 0.456. The molecule has 4 heteroatoms. The van der Waals surface area contributed by atoms with Crippen molar-refractivity contribution in [2.45, 2.75) is 13.0 Å². The summed E-state index contributed by atoms with van der Waals surface area (Å²) in [6.45, 7) is 2.58. The molecule has 1 aliphatic rings. The van der Waals surface area contributed by atoms with Crippen molar-refractivity contribution in [3.63, 3.8) is 0 Å². The van der Waals surface area contributed by atoms with Crippen LogP contribution in [0.4, 0.5) is 6.01 Å². The molecule has 11 heavy (non-hydrogen) atoms. The van der Waals surface area contributed by atoms with Gasteiger partial charge in [-0.2, -0.15) is 4.98 Å². The van der Waals surface area contributed by atoms with Gasteiger partial charge in [0.05, 0.1) is 5.69 Å². The minimum atomic E-state index is 0.456. The summed E-state index contributed by atoms with van der Waals surface area (Å²) >= 11 is 0. The predicted octanol–water partition coefficient (Wildman–Crippen LogP) is 0.343. The van der Waals surface area contributed by atoms with Crippen molar-refractivity contribution >= 4 is 6.01 Å². The Balaban J connectivity index is 2.11. The monoisotopic (exact) mass is 153 g/mol. The molecule has 1 saturated heterocycles. The summed E-state index contributed by atoms with van der Waals surface area (Å²) < 4.78 is 5.19. The van der Waals surface area contributed by atoms with Crippen LogP contribution in [0.1, 0.15) is 12.1 Å². The van der Waals surface area contributed by atoms with E-state index in [1.807, 2.05) is 0 Å². The van der Waals surface area contributed by atoms with E-state index in [1.165, 1.54) is 6.42 Å². The normalized spacial score (nSPS) is 16.6. The second-order valence-corrected chi connectivity index (χ2v) is 2.67. The van der Waals surface area contributed by atoms with E-state index >= 15 is 0 Å². The Labute approximate surface area is 65.0 Å². The summed E-state index contributed by atoms with van der Waals surface area (Å²) in [7, 11) is 0. The highest BCUT2D eigenvalue weighted by Gasteiger charge is 2.18. The number of nitrogens with zero attached hydrogens (tertiary/aromatic N) is 2. The van der Waals surface area contributed by atoms with Gasteiger partial charge in [0.1, 0.15) is 6.26 Å². The Hall–Kier alpha value is -1.03.